The molecule has 1 aliphatic rings. The fourth-order valence-electron chi connectivity index (χ4n) is 3.03. The van der Waals surface area contributed by atoms with Crippen LogP contribution in [0.4, 0.5) is 0 Å². The van der Waals surface area contributed by atoms with E-state index in [4.69, 9.17) is 4.74 Å². The van der Waals surface area contributed by atoms with E-state index < -0.39 is 0 Å². The Balaban J connectivity index is 1.78. The molecule has 2 rings (SSSR count). The summed E-state index contributed by atoms with van der Waals surface area (Å²) in [6, 6.07) is 6.73. The minimum atomic E-state index is 0.103. The van der Waals surface area contributed by atoms with Crippen molar-refractivity contribution in [3.05, 3.63) is 34.9 Å². The van der Waals surface area contributed by atoms with Gasteiger partial charge < -0.3 is 9.64 Å². The summed E-state index contributed by atoms with van der Waals surface area (Å²) in [7, 11) is 1.92. The molecule has 0 bridgehead atoms. The quantitative estimate of drug-likeness (QED) is 0.828. The van der Waals surface area contributed by atoms with Crippen molar-refractivity contribution >= 4 is 5.91 Å². The van der Waals surface area contributed by atoms with Gasteiger partial charge in [-0.2, -0.15) is 0 Å². The predicted molar refractivity (Wildman–Crippen MR) is 85.2 cm³/mol. The van der Waals surface area contributed by atoms with Crippen LogP contribution in [-0.2, 0) is 16.1 Å². The van der Waals surface area contributed by atoms with Gasteiger partial charge in [0, 0.05) is 13.1 Å². The molecule has 0 aliphatic heterocycles. The summed E-state index contributed by atoms with van der Waals surface area (Å²) in [5.41, 5.74) is 3.64. The van der Waals surface area contributed by atoms with Crippen molar-refractivity contribution < 1.29 is 9.53 Å². The van der Waals surface area contributed by atoms with Crippen LogP contribution in [0.2, 0.25) is 0 Å². The maximum absolute atomic E-state index is 12.2. The maximum Gasteiger partial charge on any atom is 0.248 e. The van der Waals surface area contributed by atoms with Crippen LogP contribution >= 0.6 is 0 Å². The fraction of sp³-hybridized carbons (Fsp3) is 0.611. The van der Waals surface area contributed by atoms with Gasteiger partial charge in [-0.1, -0.05) is 43.0 Å². The van der Waals surface area contributed by atoms with E-state index in [9.17, 15) is 4.79 Å². The molecule has 1 aliphatic carbocycles. The summed E-state index contributed by atoms with van der Waals surface area (Å²) in [5, 5.41) is 0. The van der Waals surface area contributed by atoms with Crippen LogP contribution in [0.5, 0.6) is 0 Å². The molecule has 116 valence electrons. The van der Waals surface area contributed by atoms with E-state index in [1.165, 1.54) is 30.4 Å². The molecule has 1 aromatic carbocycles. The minimum absolute atomic E-state index is 0.103. The molecule has 1 fully saturated rings. The third-order valence-corrected chi connectivity index (χ3v) is 4.50. The second-order valence-electron chi connectivity index (χ2n) is 6.22. The van der Waals surface area contributed by atoms with Crippen LogP contribution in [-0.4, -0.2) is 30.5 Å². The first-order chi connectivity index (χ1) is 10.1. The van der Waals surface area contributed by atoms with Gasteiger partial charge in [0.15, 0.2) is 0 Å². The summed E-state index contributed by atoms with van der Waals surface area (Å²) >= 11 is 0. The normalized spacial score (nSPS) is 16.0. The van der Waals surface area contributed by atoms with Gasteiger partial charge in [-0.3, -0.25) is 4.79 Å². The Morgan fingerprint density at radius 1 is 1.24 bits per heavy atom. The van der Waals surface area contributed by atoms with Crippen molar-refractivity contribution in [3.63, 3.8) is 0 Å². The Bertz CT molecular complexity index is 478. The number of nitrogens with zero attached hydrogens (tertiary/aromatic N) is 1. The highest BCUT2D eigenvalue weighted by molar-refractivity contribution is 5.77. The highest BCUT2D eigenvalue weighted by Gasteiger charge is 2.21. The van der Waals surface area contributed by atoms with Gasteiger partial charge in [-0.25, -0.2) is 0 Å². The Hall–Kier alpha value is -1.35. The molecule has 21 heavy (non-hydrogen) atoms. The maximum atomic E-state index is 12.2. The molecule has 0 radical (unpaired) electrons. The summed E-state index contributed by atoms with van der Waals surface area (Å²) in [6.45, 7) is 4.86. The van der Waals surface area contributed by atoms with Crippen LogP contribution in [0.3, 0.4) is 0 Å². The molecular weight excluding hydrogens is 262 g/mol. The number of hydrogen-bond acceptors (Lipinski definition) is 2. The summed E-state index contributed by atoms with van der Waals surface area (Å²) in [4.78, 5) is 14.1. The lowest BCUT2D eigenvalue weighted by Gasteiger charge is -2.31. The number of carbonyl (C=O) groups is 1. The Morgan fingerprint density at radius 3 is 2.62 bits per heavy atom. The van der Waals surface area contributed by atoms with Crippen LogP contribution < -0.4 is 0 Å². The molecule has 0 atom stereocenters. The zero-order valence-corrected chi connectivity index (χ0v) is 13.5. The van der Waals surface area contributed by atoms with Gasteiger partial charge in [0.25, 0.3) is 0 Å². The van der Waals surface area contributed by atoms with Crippen molar-refractivity contribution in [2.45, 2.75) is 58.6 Å². The number of benzene rings is 1. The van der Waals surface area contributed by atoms with E-state index in [-0.39, 0.29) is 12.5 Å². The predicted octanol–water partition coefficient (Wildman–Crippen LogP) is 3.61. The van der Waals surface area contributed by atoms with Gasteiger partial charge in [0.1, 0.15) is 6.61 Å². The van der Waals surface area contributed by atoms with Crippen molar-refractivity contribution in [1.29, 1.82) is 0 Å². The Morgan fingerprint density at radius 2 is 1.95 bits per heavy atom. The van der Waals surface area contributed by atoms with Gasteiger partial charge in [-0.15, -0.1) is 0 Å². The van der Waals surface area contributed by atoms with Crippen LogP contribution in [0.25, 0.3) is 0 Å². The standard InChI is InChI=1S/C18H27NO2/c1-14-9-10-16(15(2)11-14)12-21-13-18(20)19(3)17-7-5-4-6-8-17/h9-11,17H,4-8,12-13H2,1-3H3. The number of likely N-dealkylation sites (N-methyl/N-ethyl adjacent to an activating group) is 1. The van der Waals surface area contributed by atoms with Gasteiger partial charge in [0.2, 0.25) is 5.91 Å². The number of rotatable bonds is 5. The SMILES string of the molecule is Cc1ccc(COCC(=O)N(C)C2CCCCC2)c(C)c1. The summed E-state index contributed by atoms with van der Waals surface area (Å²) in [6.07, 6.45) is 6.07. The van der Waals surface area contributed by atoms with E-state index in [0.717, 1.165) is 18.4 Å². The molecule has 1 amide bonds. The van der Waals surface area contributed by atoms with Crippen molar-refractivity contribution in [2.24, 2.45) is 0 Å². The first-order valence-electron chi connectivity index (χ1n) is 7.97. The first kappa shape index (κ1) is 16.0. The lowest BCUT2D eigenvalue weighted by Crippen LogP contribution is -2.40. The lowest BCUT2D eigenvalue weighted by atomic mass is 9.94. The largest absolute Gasteiger partial charge is 0.367 e. The lowest BCUT2D eigenvalue weighted by molar-refractivity contribution is -0.137. The molecule has 0 N–H and O–H groups in total. The van der Waals surface area contributed by atoms with Crippen molar-refractivity contribution in [1.82, 2.24) is 4.90 Å². The highest BCUT2D eigenvalue weighted by atomic mass is 16.5. The molecule has 0 spiro atoms. The molecule has 1 aromatic rings. The summed E-state index contributed by atoms with van der Waals surface area (Å²) in [5.74, 6) is 0.103. The van der Waals surface area contributed by atoms with Crippen LogP contribution in [0, 0.1) is 13.8 Å². The molecule has 1 saturated carbocycles. The fourth-order valence-corrected chi connectivity index (χ4v) is 3.03. The number of amides is 1. The van der Waals surface area contributed by atoms with E-state index in [2.05, 4.69) is 32.0 Å². The topological polar surface area (TPSA) is 29.5 Å². The molecule has 0 unspecified atom stereocenters. The highest BCUT2D eigenvalue weighted by Crippen LogP contribution is 2.21. The molecular formula is C18H27NO2. The number of hydrogen-bond donors (Lipinski definition) is 0. The molecule has 3 heteroatoms. The van der Waals surface area contributed by atoms with E-state index in [0.29, 0.717) is 12.6 Å². The monoisotopic (exact) mass is 289 g/mol. The smallest absolute Gasteiger partial charge is 0.248 e. The third kappa shape index (κ3) is 4.57. The minimum Gasteiger partial charge on any atom is -0.367 e. The second kappa shape index (κ2) is 7.60. The summed E-state index contributed by atoms with van der Waals surface area (Å²) < 4.78 is 5.62. The third-order valence-electron chi connectivity index (χ3n) is 4.50. The Labute approximate surface area is 128 Å². The Kier molecular flexibility index (Phi) is 5.80. The van der Waals surface area contributed by atoms with Gasteiger partial charge >= 0.3 is 0 Å². The van der Waals surface area contributed by atoms with Crippen LogP contribution in [0.1, 0.15) is 48.8 Å². The van der Waals surface area contributed by atoms with Crippen molar-refractivity contribution in [3.8, 4) is 0 Å². The van der Waals surface area contributed by atoms with Crippen molar-refractivity contribution in [2.75, 3.05) is 13.7 Å². The van der Waals surface area contributed by atoms with E-state index >= 15 is 0 Å². The second-order valence-corrected chi connectivity index (χ2v) is 6.22. The zero-order chi connectivity index (χ0) is 15.2. The number of ether oxygens (including phenoxy) is 1. The zero-order valence-electron chi connectivity index (χ0n) is 13.5. The first-order valence-corrected chi connectivity index (χ1v) is 7.97. The molecule has 0 aromatic heterocycles. The van der Waals surface area contributed by atoms with Gasteiger partial charge in [0.05, 0.1) is 6.61 Å². The molecule has 0 heterocycles. The van der Waals surface area contributed by atoms with Gasteiger partial charge in [-0.05, 0) is 37.8 Å². The molecule has 0 saturated heterocycles. The van der Waals surface area contributed by atoms with E-state index in [1.54, 1.807) is 0 Å². The molecule has 3 nitrogen and oxygen atoms in total. The number of carbonyl (C=O) groups excluding carboxylic acids is 1. The number of aryl methyl sites for hydroxylation is 2. The average molecular weight is 289 g/mol. The van der Waals surface area contributed by atoms with Crippen LogP contribution in [0.15, 0.2) is 18.2 Å². The average Bonchev–Trinajstić information content (AvgIpc) is 2.49. The van der Waals surface area contributed by atoms with E-state index in [1.807, 2.05) is 11.9 Å².